The summed E-state index contributed by atoms with van der Waals surface area (Å²) < 4.78 is 78.6. The van der Waals surface area contributed by atoms with E-state index in [1.165, 1.54) is 30.3 Å². The molecule has 0 atom stereocenters. The Hall–Kier alpha value is -6.76. The quantitative estimate of drug-likeness (QED) is 0.0728. The SMILES string of the molecule is COc1ccc(-c2cccc(Oc3ccc(Br)cc3S(=O)(=O)NC(=O)NC(C)(C)C)c2)cc1.COc1ccc(-c2cccc(Oc3ccc(N)cc3S(=O)(=O)NC(=O)NC(C)(C)C)c2)cc1. The van der Waals surface area contributed by atoms with Crippen LogP contribution in [-0.2, 0) is 20.0 Å². The van der Waals surface area contributed by atoms with Crippen molar-refractivity contribution in [3.05, 3.63) is 138 Å². The van der Waals surface area contributed by atoms with Crippen LogP contribution in [0.3, 0.4) is 0 Å². The molecule has 4 amide bonds. The maximum absolute atomic E-state index is 13.0. The zero-order valence-electron chi connectivity index (χ0n) is 37.6. The minimum Gasteiger partial charge on any atom is -0.497 e. The average Bonchev–Trinajstić information content (AvgIpc) is 3.23. The Morgan fingerprint density at radius 1 is 0.500 bits per heavy atom. The third-order valence-corrected chi connectivity index (χ3v) is 12.1. The first-order valence-corrected chi connectivity index (χ1v) is 23.9. The highest BCUT2D eigenvalue weighted by molar-refractivity contribution is 9.10. The van der Waals surface area contributed by atoms with Gasteiger partial charge in [-0.2, -0.15) is 0 Å². The normalized spacial score (nSPS) is 11.5. The molecule has 15 nitrogen and oxygen atoms in total. The Morgan fingerprint density at radius 3 is 1.29 bits per heavy atom. The van der Waals surface area contributed by atoms with Gasteiger partial charge in [-0.25, -0.2) is 35.9 Å². The minimum absolute atomic E-state index is 0.0344. The molecule has 6 N–H and O–H groups in total. The van der Waals surface area contributed by atoms with E-state index >= 15 is 0 Å². The fourth-order valence-electron chi connectivity index (χ4n) is 5.98. The second-order valence-corrected chi connectivity index (χ2v) is 20.9. The summed E-state index contributed by atoms with van der Waals surface area (Å²) in [6.45, 7) is 10.5. The number of carbonyl (C=O) groups is 2. The molecular weight excluding hydrogens is 951 g/mol. The van der Waals surface area contributed by atoms with Crippen molar-refractivity contribution >= 4 is 53.7 Å². The molecular formula is C48H52BrN5O10S2. The zero-order valence-corrected chi connectivity index (χ0v) is 40.8. The molecule has 6 aromatic rings. The van der Waals surface area contributed by atoms with Crippen LogP contribution >= 0.6 is 15.9 Å². The van der Waals surface area contributed by atoms with Gasteiger partial charge in [0, 0.05) is 21.2 Å². The van der Waals surface area contributed by atoms with Gasteiger partial charge in [-0.1, -0.05) is 64.5 Å². The summed E-state index contributed by atoms with van der Waals surface area (Å²) in [7, 11) is -5.26. The molecule has 348 valence electrons. The van der Waals surface area contributed by atoms with Crippen molar-refractivity contribution in [1.29, 1.82) is 0 Å². The van der Waals surface area contributed by atoms with Crippen LogP contribution in [0.2, 0.25) is 0 Å². The van der Waals surface area contributed by atoms with Crippen LogP contribution < -0.4 is 44.8 Å². The number of sulfonamides is 2. The van der Waals surface area contributed by atoms with Crippen molar-refractivity contribution in [2.75, 3.05) is 20.0 Å². The number of rotatable bonds is 12. The van der Waals surface area contributed by atoms with Crippen LogP contribution in [0.5, 0.6) is 34.5 Å². The summed E-state index contributed by atoms with van der Waals surface area (Å²) in [5.74, 6) is 2.47. The van der Waals surface area contributed by atoms with Crippen LogP contribution in [0.25, 0.3) is 22.3 Å². The Balaban J connectivity index is 0.000000247. The number of carbonyl (C=O) groups excluding carboxylic acids is 2. The summed E-state index contributed by atoms with van der Waals surface area (Å²) in [6.07, 6.45) is 0. The number of halogens is 1. The van der Waals surface area contributed by atoms with E-state index < -0.39 is 43.2 Å². The number of benzene rings is 6. The predicted octanol–water partition coefficient (Wildman–Crippen LogP) is 10.2. The number of urea groups is 2. The standard InChI is InChI=1S/C24H25BrN2O5S.C24H27N3O5S/c2*1-24(2,3)26-23(28)27-33(29,30)22-15-18(25)10-13-21(22)32-20-7-5-6-17(14-20)16-8-11-19(31-4)12-9-16/h5-15H,1-4H3,(H2,26,27,28);5-15H,25H2,1-4H3,(H2,26,27,28). The minimum atomic E-state index is -4.26. The molecule has 0 fully saturated rings. The largest absolute Gasteiger partial charge is 0.497 e. The molecule has 0 aliphatic rings. The van der Waals surface area contributed by atoms with Gasteiger partial charge in [0.2, 0.25) is 0 Å². The third kappa shape index (κ3) is 14.6. The Kier molecular flexibility index (Phi) is 16.0. The molecule has 66 heavy (non-hydrogen) atoms. The molecule has 0 saturated heterocycles. The van der Waals surface area contributed by atoms with E-state index in [4.69, 9.17) is 24.7 Å². The number of ether oxygens (including phenoxy) is 4. The lowest BCUT2D eigenvalue weighted by Gasteiger charge is -2.21. The van der Waals surface area contributed by atoms with Crippen LogP contribution in [0.1, 0.15) is 41.5 Å². The maximum Gasteiger partial charge on any atom is 0.329 e. The van der Waals surface area contributed by atoms with Crippen LogP contribution in [0.4, 0.5) is 15.3 Å². The van der Waals surface area contributed by atoms with Gasteiger partial charge in [-0.05, 0) is 149 Å². The van der Waals surface area contributed by atoms with Crippen molar-refractivity contribution in [2.45, 2.75) is 62.4 Å². The smallest absolute Gasteiger partial charge is 0.329 e. The number of nitrogen functional groups attached to an aromatic ring is 1. The molecule has 0 heterocycles. The van der Waals surface area contributed by atoms with Crippen LogP contribution in [0, 0.1) is 0 Å². The summed E-state index contributed by atoms with van der Waals surface area (Å²) in [6, 6.07) is 36.7. The average molecular weight is 1000 g/mol. The molecule has 6 rings (SSSR count). The van der Waals surface area contributed by atoms with E-state index in [1.807, 2.05) is 76.2 Å². The second-order valence-electron chi connectivity index (χ2n) is 16.6. The van der Waals surface area contributed by atoms with Gasteiger partial charge in [0.15, 0.2) is 0 Å². The third-order valence-electron chi connectivity index (χ3n) is 8.85. The van der Waals surface area contributed by atoms with Crippen molar-refractivity contribution in [3.63, 3.8) is 0 Å². The van der Waals surface area contributed by atoms with Gasteiger partial charge >= 0.3 is 12.1 Å². The number of methoxy groups -OCH3 is 2. The fourth-order valence-corrected chi connectivity index (χ4v) is 8.63. The van der Waals surface area contributed by atoms with E-state index in [-0.39, 0.29) is 27.0 Å². The number of anilines is 1. The predicted molar refractivity (Wildman–Crippen MR) is 259 cm³/mol. The number of nitrogens with one attached hydrogen (secondary N) is 4. The van der Waals surface area contributed by atoms with Gasteiger partial charge in [0.05, 0.1) is 14.2 Å². The molecule has 18 heteroatoms. The van der Waals surface area contributed by atoms with Crippen LogP contribution in [-0.4, -0.2) is 54.2 Å². The first-order valence-electron chi connectivity index (χ1n) is 20.2. The second kappa shape index (κ2) is 21.0. The van der Waals surface area contributed by atoms with E-state index in [0.29, 0.717) is 16.0 Å². The van der Waals surface area contributed by atoms with E-state index in [9.17, 15) is 26.4 Å². The summed E-state index contributed by atoms with van der Waals surface area (Å²) in [4.78, 5) is 23.9. The first kappa shape index (κ1) is 50.2. The van der Waals surface area contributed by atoms with E-state index in [0.717, 1.165) is 33.8 Å². The molecule has 0 spiro atoms. The Labute approximate surface area is 394 Å². The summed E-state index contributed by atoms with van der Waals surface area (Å²) in [5, 5.41) is 5.12. The van der Waals surface area contributed by atoms with Crippen molar-refractivity contribution in [2.24, 2.45) is 0 Å². The molecule has 0 aliphatic carbocycles. The first-order chi connectivity index (χ1) is 30.9. The number of amides is 4. The van der Waals surface area contributed by atoms with Crippen molar-refractivity contribution in [1.82, 2.24) is 20.1 Å². The summed E-state index contributed by atoms with van der Waals surface area (Å²) >= 11 is 3.28. The lowest BCUT2D eigenvalue weighted by Crippen LogP contribution is -2.48. The number of hydrogen-bond acceptors (Lipinski definition) is 11. The van der Waals surface area contributed by atoms with Crippen molar-refractivity contribution in [3.8, 4) is 56.8 Å². The Bertz CT molecular complexity index is 2700. The van der Waals surface area contributed by atoms with E-state index in [1.54, 1.807) is 92.2 Å². The number of hydrogen-bond donors (Lipinski definition) is 5. The Morgan fingerprint density at radius 2 is 0.894 bits per heavy atom. The van der Waals surface area contributed by atoms with Gasteiger partial charge < -0.3 is 35.3 Å². The number of nitrogens with two attached hydrogens (primary N) is 1. The van der Waals surface area contributed by atoms with Gasteiger partial charge in [-0.3, -0.25) is 0 Å². The highest BCUT2D eigenvalue weighted by Gasteiger charge is 2.27. The molecule has 0 bridgehead atoms. The fraction of sp³-hybridized carbons (Fsp3) is 0.208. The highest BCUT2D eigenvalue weighted by atomic mass is 79.9. The lowest BCUT2D eigenvalue weighted by atomic mass is 10.1. The van der Waals surface area contributed by atoms with Gasteiger partial charge in [0.25, 0.3) is 20.0 Å². The highest BCUT2D eigenvalue weighted by Crippen LogP contribution is 2.35. The molecule has 0 aliphatic heterocycles. The zero-order chi connectivity index (χ0) is 48.5. The lowest BCUT2D eigenvalue weighted by molar-refractivity contribution is 0.236. The van der Waals surface area contributed by atoms with Crippen molar-refractivity contribution < 1.29 is 45.4 Å². The van der Waals surface area contributed by atoms with E-state index in [2.05, 4.69) is 26.6 Å². The molecule has 6 aromatic carbocycles. The molecule has 0 aromatic heterocycles. The topological polar surface area (TPSA) is 213 Å². The van der Waals surface area contributed by atoms with Gasteiger partial charge in [-0.15, -0.1) is 0 Å². The maximum atomic E-state index is 13.0. The molecule has 0 radical (unpaired) electrons. The monoisotopic (exact) mass is 1000 g/mol. The van der Waals surface area contributed by atoms with Gasteiger partial charge in [0.1, 0.15) is 44.3 Å². The molecule has 0 unspecified atom stereocenters. The molecule has 0 saturated carbocycles. The summed E-state index contributed by atoms with van der Waals surface area (Å²) in [5.41, 5.74) is 8.46. The van der Waals surface area contributed by atoms with Crippen LogP contribution in [0.15, 0.2) is 148 Å².